The van der Waals surface area contributed by atoms with Gasteiger partial charge in [-0.25, -0.2) is 0 Å². The van der Waals surface area contributed by atoms with Crippen molar-refractivity contribution in [2.75, 3.05) is 33.0 Å². The molecule has 2 heterocycles. The Morgan fingerprint density at radius 3 is 2.45 bits per heavy atom. The van der Waals surface area contributed by atoms with Crippen LogP contribution in [0.3, 0.4) is 0 Å². The van der Waals surface area contributed by atoms with Crippen LogP contribution in [-0.4, -0.2) is 38.6 Å². The second kappa shape index (κ2) is 3.09. The number of hydrogen-bond acceptors (Lipinski definition) is 3. The van der Waals surface area contributed by atoms with Crippen LogP contribution in [0.5, 0.6) is 0 Å². The molecule has 0 aromatic carbocycles. The first-order valence-corrected chi connectivity index (χ1v) is 4.21. The second-order valence-electron chi connectivity index (χ2n) is 3.20. The lowest BCUT2D eigenvalue weighted by atomic mass is 9.99. The van der Waals surface area contributed by atoms with E-state index in [4.69, 9.17) is 14.2 Å². The Bertz CT molecular complexity index is 119. The SMILES string of the molecule is C1COC2(CCO1)CCOC2. The Labute approximate surface area is 66.6 Å². The van der Waals surface area contributed by atoms with Crippen LogP contribution in [0, 0.1) is 0 Å². The van der Waals surface area contributed by atoms with Crippen LogP contribution in [0.1, 0.15) is 12.8 Å². The molecule has 0 aliphatic carbocycles. The van der Waals surface area contributed by atoms with Crippen molar-refractivity contribution in [3.05, 3.63) is 0 Å². The van der Waals surface area contributed by atoms with Crippen molar-refractivity contribution in [2.24, 2.45) is 0 Å². The standard InChI is InChI=1S/C8H14O3/c1-3-9-5-6-11-8(1)2-4-10-7-8/h1-7H2. The molecule has 64 valence electrons. The van der Waals surface area contributed by atoms with Crippen molar-refractivity contribution in [2.45, 2.75) is 18.4 Å². The van der Waals surface area contributed by atoms with Crippen LogP contribution in [0.4, 0.5) is 0 Å². The number of ether oxygens (including phenoxy) is 3. The van der Waals surface area contributed by atoms with Crippen molar-refractivity contribution in [3.63, 3.8) is 0 Å². The summed E-state index contributed by atoms with van der Waals surface area (Å²) in [5.74, 6) is 0. The highest BCUT2D eigenvalue weighted by molar-refractivity contribution is 4.85. The Hall–Kier alpha value is -0.120. The first kappa shape index (κ1) is 7.53. The van der Waals surface area contributed by atoms with Gasteiger partial charge in [-0.2, -0.15) is 0 Å². The summed E-state index contributed by atoms with van der Waals surface area (Å²) in [4.78, 5) is 0. The minimum Gasteiger partial charge on any atom is -0.379 e. The molecule has 2 aliphatic heterocycles. The zero-order chi connectivity index (χ0) is 7.57. The van der Waals surface area contributed by atoms with Gasteiger partial charge in [-0.1, -0.05) is 0 Å². The lowest BCUT2D eigenvalue weighted by Crippen LogP contribution is -2.33. The Morgan fingerprint density at radius 2 is 1.64 bits per heavy atom. The van der Waals surface area contributed by atoms with Gasteiger partial charge in [0.05, 0.1) is 25.4 Å². The minimum atomic E-state index is 0.0104. The topological polar surface area (TPSA) is 27.7 Å². The molecule has 0 aromatic heterocycles. The normalized spacial score (nSPS) is 39.3. The van der Waals surface area contributed by atoms with Gasteiger partial charge in [0.1, 0.15) is 0 Å². The molecule has 1 spiro atoms. The summed E-state index contributed by atoms with van der Waals surface area (Å²) < 4.78 is 16.3. The predicted octanol–water partition coefficient (Wildman–Crippen LogP) is 0.582. The van der Waals surface area contributed by atoms with Gasteiger partial charge in [0.15, 0.2) is 0 Å². The molecule has 2 fully saturated rings. The molecule has 0 N–H and O–H groups in total. The van der Waals surface area contributed by atoms with Crippen LogP contribution in [0.15, 0.2) is 0 Å². The van der Waals surface area contributed by atoms with E-state index in [0.717, 1.165) is 45.9 Å². The lowest BCUT2D eigenvalue weighted by molar-refractivity contribution is -0.0427. The molecule has 1 atom stereocenters. The summed E-state index contributed by atoms with van der Waals surface area (Å²) in [6, 6.07) is 0. The number of hydrogen-bond donors (Lipinski definition) is 0. The Balaban J connectivity index is 1.97. The fourth-order valence-electron chi connectivity index (χ4n) is 1.65. The van der Waals surface area contributed by atoms with Gasteiger partial charge in [0.2, 0.25) is 0 Å². The molecule has 11 heavy (non-hydrogen) atoms. The largest absolute Gasteiger partial charge is 0.379 e. The van der Waals surface area contributed by atoms with Crippen molar-refractivity contribution < 1.29 is 14.2 Å². The van der Waals surface area contributed by atoms with E-state index in [1.807, 2.05) is 0 Å². The summed E-state index contributed by atoms with van der Waals surface area (Å²) >= 11 is 0. The molecule has 1 unspecified atom stereocenters. The van der Waals surface area contributed by atoms with Crippen LogP contribution in [0.2, 0.25) is 0 Å². The quantitative estimate of drug-likeness (QED) is 0.516. The van der Waals surface area contributed by atoms with E-state index in [1.165, 1.54) is 0 Å². The zero-order valence-electron chi connectivity index (χ0n) is 6.67. The molecule has 2 rings (SSSR count). The van der Waals surface area contributed by atoms with E-state index in [-0.39, 0.29) is 5.60 Å². The predicted molar refractivity (Wildman–Crippen MR) is 39.6 cm³/mol. The lowest BCUT2D eigenvalue weighted by Gasteiger charge is -2.24. The third-order valence-electron chi connectivity index (χ3n) is 2.41. The number of rotatable bonds is 0. The highest BCUT2D eigenvalue weighted by atomic mass is 16.6. The van der Waals surface area contributed by atoms with Gasteiger partial charge in [-0.15, -0.1) is 0 Å². The van der Waals surface area contributed by atoms with E-state index in [0.29, 0.717) is 0 Å². The van der Waals surface area contributed by atoms with Crippen LogP contribution >= 0.6 is 0 Å². The highest BCUT2D eigenvalue weighted by Gasteiger charge is 2.36. The smallest absolute Gasteiger partial charge is 0.0959 e. The average molecular weight is 158 g/mol. The first-order valence-electron chi connectivity index (χ1n) is 4.21. The molecule has 0 amide bonds. The molecule has 3 nitrogen and oxygen atoms in total. The van der Waals surface area contributed by atoms with Crippen LogP contribution in [0.25, 0.3) is 0 Å². The first-order chi connectivity index (χ1) is 5.41. The van der Waals surface area contributed by atoms with Crippen molar-refractivity contribution in [3.8, 4) is 0 Å². The Morgan fingerprint density at radius 1 is 0.818 bits per heavy atom. The van der Waals surface area contributed by atoms with E-state index in [1.54, 1.807) is 0 Å². The second-order valence-corrected chi connectivity index (χ2v) is 3.20. The van der Waals surface area contributed by atoms with Gasteiger partial charge < -0.3 is 14.2 Å². The maximum atomic E-state index is 5.70. The van der Waals surface area contributed by atoms with E-state index >= 15 is 0 Å². The highest BCUT2D eigenvalue weighted by Crippen LogP contribution is 2.28. The van der Waals surface area contributed by atoms with Gasteiger partial charge >= 0.3 is 0 Å². The third-order valence-corrected chi connectivity index (χ3v) is 2.41. The summed E-state index contributed by atoms with van der Waals surface area (Å²) in [7, 11) is 0. The molecule has 2 aliphatic rings. The van der Waals surface area contributed by atoms with Crippen molar-refractivity contribution >= 4 is 0 Å². The van der Waals surface area contributed by atoms with E-state index in [9.17, 15) is 0 Å². The van der Waals surface area contributed by atoms with Crippen molar-refractivity contribution in [1.29, 1.82) is 0 Å². The molecule has 3 heteroatoms. The molecule has 2 saturated heterocycles. The maximum Gasteiger partial charge on any atom is 0.0959 e. The zero-order valence-corrected chi connectivity index (χ0v) is 6.67. The molecule has 0 aromatic rings. The third kappa shape index (κ3) is 1.55. The molecule has 0 saturated carbocycles. The maximum absolute atomic E-state index is 5.70. The summed E-state index contributed by atoms with van der Waals surface area (Å²) in [5.41, 5.74) is 0.0104. The molecule has 0 radical (unpaired) electrons. The summed E-state index contributed by atoms with van der Waals surface area (Å²) in [6.45, 7) is 3.89. The summed E-state index contributed by atoms with van der Waals surface area (Å²) in [6.07, 6.45) is 2.03. The van der Waals surface area contributed by atoms with Crippen LogP contribution < -0.4 is 0 Å². The fourth-order valence-corrected chi connectivity index (χ4v) is 1.65. The van der Waals surface area contributed by atoms with Crippen LogP contribution in [-0.2, 0) is 14.2 Å². The Kier molecular flexibility index (Phi) is 2.11. The van der Waals surface area contributed by atoms with Crippen molar-refractivity contribution in [1.82, 2.24) is 0 Å². The van der Waals surface area contributed by atoms with Gasteiger partial charge in [-0.3, -0.25) is 0 Å². The fraction of sp³-hybridized carbons (Fsp3) is 1.00. The minimum absolute atomic E-state index is 0.0104. The van der Waals surface area contributed by atoms with Gasteiger partial charge in [0, 0.05) is 26.1 Å². The molecule has 0 bridgehead atoms. The average Bonchev–Trinajstić information content (AvgIpc) is 2.32. The van der Waals surface area contributed by atoms with E-state index < -0.39 is 0 Å². The molecular weight excluding hydrogens is 144 g/mol. The van der Waals surface area contributed by atoms with E-state index in [2.05, 4.69) is 0 Å². The summed E-state index contributed by atoms with van der Waals surface area (Å²) in [5, 5.41) is 0. The van der Waals surface area contributed by atoms with Gasteiger partial charge in [-0.05, 0) is 0 Å². The monoisotopic (exact) mass is 158 g/mol. The van der Waals surface area contributed by atoms with Gasteiger partial charge in [0.25, 0.3) is 0 Å². The molecular formula is C8H14O3.